The number of carboxylic acid groups (broad SMARTS) is 1. The molecule has 0 aliphatic heterocycles. The van der Waals surface area contributed by atoms with Crippen LogP contribution in [0.3, 0.4) is 0 Å². The molecule has 0 unspecified atom stereocenters. The summed E-state index contributed by atoms with van der Waals surface area (Å²) < 4.78 is 0.932. The molecule has 0 radical (unpaired) electrons. The quantitative estimate of drug-likeness (QED) is 0.710. The number of aromatic carboxylic acids is 1. The molecule has 0 atom stereocenters. The van der Waals surface area contributed by atoms with Crippen LogP contribution in [0, 0.1) is 3.57 Å². The zero-order chi connectivity index (χ0) is 14.5. The van der Waals surface area contributed by atoms with Crippen molar-refractivity contribution in [1.82, 2.24) is 0 Å². The van der Waals surface area contributed by atoms with E-state index < -0.39 is 5.97 Å². The van der Waals surface area contributed by atoms with Gasteiger partial charge in [0.1, 0.15) is 0 Å². The minimum atomic E-state index is -1.00. The third-order valence-corrected chi connectivity index (χ3v) is 3.45. The monoisotopic (exact) mass is 382 g/mol. The second-order valence-corrected chi connectivity index (χ2v) is 5.10. The molecule has 2 amide bonds. The predicted octanol–water partition coefficient (Wildman–Crippen LogP) is 3.63. The van der Waals surface area contributed by atoms with E-state index in [-0.39, 0.29) is 11.6 Å². The van der Waals surface area contributed by atoms with Crippen LogP contribution in [0.4, 0.5) is 16.2 Å². The molecule has 0 aliphatic carbocycles. The lowest BCUT2D eigenvalue weighted by molar-refractivity contribution is 0.0697. The van der Waals surface area contributed by atoms with Crippen molar-refractivity contribution in [1.29, 1.82) is 0 Å². The highest BCUT2D eigenvalue weighted by Gasteiger charge is 2.06. The Morgan fingerprint density at radius 3 is 2.20 bits per heavy atom. The van der Waals surface area contributed by atoms with Crippen molar-refractivity contribution >= 4 is 46.0 Å². The first-order chi connectivity index (χ1) is 9.56. The number of halogens is 1. The van der Waals surface area contributed by atoms with E-state index in [1.807, 2.05) is 18.2 Å². The van der Waals surface area contributed by atoms with E-state index in [1.165, 1.54) is 12.1 Å². The van der Waals surface area contributed by atoms with E-state index >= 15 is 0 Å². The Morgan fingerprint density at radius 1 is 0.950 bits per heavy atom. The molecule has 0 aromatic heterocycles. The number of hydrogen-bond donors (Lipinski definition) is 3. The van der Waals surface area contributed by atoms with Gasteiger partial charge in [0.15, 0.2) is 0 Å². The topological polar surface area (TPSA) is 78.4 Å². The summed E-state index contributed by atoms with van der Waals surface area (Å²) in [6.45, 7) is 0. The molecule has 0 saturated heterocycles. The number of amides is 2. The average molecular weight is 382 g/mol. The number of benzene rings is 2. The fourth-order valence-corrected chi connectivity index (χ4v) is 2.07. The van der Waals surface area contributed by atoms with Gasteiger partial charge in [0.2, 0.25) is 0 Å². The molecular formula is C14H11IN2O3. The van der Waals surface area contributed by atoms with Gasteiger partial charge in [-0.15, -0.1) is 0 Å². The van der Waals surface area contributed by atoms with Crippen LogP contribution in [-0.2, 0) is 0 Å². The predicted molar refractivity (Wildman–Crippen MR) is 85.2 cm³/mol. The van der Waals surface area contributed by atoms with Crippen molar-refractivity contribution < 1.29 is 14.7 Å². The molecule has 2 aromatic carbocycles. The Hall–Kier alpha value is -2.09. The number of carboxylic acids is 1. The minimum absolute atomic E-state index is 0.175. The summed E-state index contributed by atoms with van der Waals surface area (Å²) in [6, 6.07) is 13.0. The SMILES string of the molecule is O=C(Nc1ccc(C(=O)O)cc1)Nc1ccccc1I. The Balaban J connectivity index is 2.01. The van der Waals surface area contributed by atoms with E-state index in [9.17, 15) is 9.59 Å². The van der Waals surface area contributed by atoms with Gasteiger partial charge in [-0.3, -0.25) is 0 Å². The molecule has 20 heavy (non-hydrogen) atoms. The lowest BCUT2D eigenvalue weighted by atomic mass is 10.2. The lowest BCUT2D eigenvalue weighted by Gasteiger charge is -2.09. The zero-order valence-corrected chi connectivity index (χ0v) is 12.4. The van der Waals surface area contributed by atoms with Gasteiger partial charge in [0, 0.05) is 9.26 Å². The van der Waals surface area contributed by atoms with Crippen molar-refractivity contribution in [2.24, 2.45) is 0 Å². The molecule has 2 aromatic rings. The van der Waals surface area contributed by atoms with Crippen molar-refractivity contribution in [2.45, 2.75) is 0 Å². The number of nitrogens with one attached hydrogen (secondary N) is 2. The Bertz CT molecular complexity index is 641. The fourth-order valence-electron chi connectivity index (χ4n) is 1.54. The number of rotatable bonds is 3. The van der Waals surface area contributed by atoms with Crippen LogP contribution in [0.1, 0.15) is 10.4 Å². The second-order valence-electron chi connectivity index (χ2n) is 3.94. The van der Waals surface area contributed by atoms with Gasteiger partial charge in [-0.2, -0.15) is 0 Å². The van der Waals surface area contributed by atoms with E-state index in [4.69, 9.17) is 5.11 Å². The molecule has 0 spiro atoms. The number of anilines is 2. The summed E-state index contributed by atoms with van der Waals surface area (Å²) in [5.41, 5.74) is 1.42. The van der Waals surface area contributed by atoms with E-state index in [1.54, 1.807) is 18.2 Å². The number of carbonyl (C=O) groups excluding carboxylic acids is 1. The first kappa shape index (κ1) is 14.3. The standard InChI is InChI=1S/C14H11IN2O3/c15-11-3-1-2-4-12(11)17-14(20)16-10-7-5-9(6-8-10)13(18)19/h1-8H,(H,18,19)(H2,16,17,20). The molecule has 6 heteroatoms. The van der Waals surface area contributed by atoms with Crippen LogP contribution in [0.25, 0.3) is 0 Å². The van der Waals surface area contributed by atoms with Gasteiger partial charge in [0.25, 0.3) is 0 Å². The number of hydrogen-bond acceptors (Lipinski definition) is 2. The van der Waals surface area contributed by atoms with Crippen LogP contribution >= 0.6 is 22.6 Å². The van der Waals surface area contributed by atoms with Gasteiger partial charge in [0.05, 0.1) is 11.3 Å². The molecular weight excluding hydrogens is 371 g/mol. The molecule has 3 N–H and O–H groups in total. The fraction of sp³-hybridized carbons (Fsp3) is 0. The van der Waals surface area contributed by atoms with E-state index in [2.05, 4.69) is 33.2 Å². The number of urea groups is 1. The molecule has 2 rings (SSSR count). The summed E-state index contributed by atoms with van der Waals surface area (Å²) in [5.74, 6) is -1.00. The summed E-state index contributed by atoms with van der Waals surface area (Å²) in [4.78, 5) is 22.5. The maximum atomic E-state index is 11.8. The second kappa shape index (κ2) is 6.38. The van der Waals surface area contributed by atoms with E-state index in [0.717, 1.165) is 3.57 Å². The summed E-state index contributed by atoms with van der Waals surface area (Å²) in [5, 5.41) is 14.1. The third kappa shape index (κ3) is 3.70. The number of para-hydroxylation sites is 1. The van der Waals surface area contributed by atoms with Crippen molar-refractivity contribution in [3.05, 3.63) is 57.7 Å². The van der Waals surface area contributed by atoms with Crippen LogP contribution in [0.15, 0.2) is 48.5 Å². The zero-order valence-electron chi connectivity index (χ0n) is 10.3. The van der Waals surface area contributed by atoms with Crippen LogP contribution < -0.4 is 10.6 Å². The normalized spacial score (nSPS) is 9.85. The van der Waals surface area contributed by atoms with E-state index in [0.29, 0.717) is 11.4 Å². The molecule has 0 heterocycles. The lowest BCUT2D eigenvalue weighted by Crippen LogP contribution is -2.20. The first-order valence-corrected chi connectivity index (χ1v) is 6.80. The van der Waals surface area contributed by atoms with Crippen molar-refractivity contribution in [2.75, 3.05) is 10.6 Å². The van der Waals surface area contributed by atoms with Gasteiger partial charge < -0.3 is 15.7 Å². The summed E-state index contributed by atoms with van der Waals surface area (Å²) in [7, 11) is 0. The highest BCUT2D eigenvalue weighted by molar-refractivity contribution is 14.1. The molecule has 0 aliphatic rings. The smallest absolute Gasteiger partial charge is 0.335 e. The molecule has 0 bridgehead atoms. The Labute approximate surface area is 129 Å². The van der Waals surface area contributed by atoms with Gasteiger partial charge in [-0.05, 0) is 59.0 Å². The van der Waals surface area contributed by atoms with Gasteiger partial charge in [-0.25, -0.2) is 9.59 Å². The summed E-state index contributed by atoms with van der Waals surface area (Å²) >= 11 is 2.13. The number of carbonyl (C=O) groups is 2. The van der Waals surface area contributed by atoms with Crippen molar-refractivity contribution in [3.63, 3.8) is 0 Å². The van der Waals surface area contributed by atoms with Crippen LogP contribution in [0.5, 0.6) is 0 Å². The largest absolute Gasteiger partial charge is 0.478 e. The molecule has 102 valence electrons. The molecule has 5 nitrogen and oxygen atoms in total. The highest BCUT2D eigenvalue weighted by Crippen LogP contribution is 2.17. The van der Waals surface area contributed by atoms with Crippen LogP contribution in [-0.4, -0.2) is 17.1 Å². The third-order valence-electron chi connectivity index (χ3n) is 2.51. The maximum absolute atomic E-state index is 11.8. The Kier molecular flexibility index (Phi) is 4.57. The summed E-state index contributed by atoms with van der Waals surface area (Å²) in [6.07, 6.45) is 0. The molecule has 0 fully saturated rings. The van der Waals surface area contributed by atoms with Crippen molar-refractivity contribution in [3.8, 4) is 0 Å². The van der Waals surface area contributed by atoms with Gasteiger partial charge >= 0.3 is 12.0 Å². The molecule has 0 saturated carbocycles. The maximum Gasteiger partial charge on any atom is 0.335 e. The van der Waals surface area contributed by atoms with Gasteiger partial charge in [-0.1, -0.05) is 12.1 Å². The van der Waals surface area contributed by atoms with Crippen LogP contribution in [0.2, 0.25) is 0 Å². The average Bonchev–Trinajstić information content (AvgIpc) is 2.42. The first-order valence-electron chi connectivity index (χ1n) is 5.72. The Morgan fingerprint density at radius 2 is 1.60 bits per heavy atom. The minimum Gasteiger partial charge on any atom is -0.478 e. The highest BCUT2D eigenvalue weighted by atomic mass is 127.